The van der Waals surface area contributed by atoms with Crippen LogP contribution in [0.15, 0.2) is 6.07 Å². The van der Waals surface area contributed by atoms with E-state index in [1.54, 1.807) is 0 Å². The zero-order valence-corrected chi connectivity index (χ0v) is 10.1. The first kappa shape index (κ1) is 11.3. The molecule has 1 fully saturated rings. The molecule has 1 aliphatic heterocycles. The summed E-state index contributed by atoms with van der Waals surface area (Å²) in [6.45, 7) is 7.39. The van der Waals surface area contributed by atoms with Gasteiger partial charge in [0.05, 0.1) is 6.54 Å². The van der Waals surface area contributed by atoms with Gasteiger partial charge in [0.15, 0.2) is 0 Å². The van der Waals surface area contributed by atoms with E-state index < -0.39 is 0 Å². The summed E-state index contributed by atoms with van der Waals surface area (Å²) >= 11 is 0. The Morgan fingerprint density at radius 1 is 1.50 bits per heavy atom. The summed E-state index contributed by atoms with van der Waals surface area (Å²) in [6.07, 6.45) is 2.57. The highest BCUT2D eigenvalue weighted by Gasteiger charge is 2.21. The fourth-order valence-corrected chi connectivity index (χ4v) is 2.32. The number of nitrogens with two attached hydrogens (primary N) is 1. The first-order valence-electron chi connectivity index (χ1n) is 5.99. The number of hydrogen-bond donors (Lipinski definition) is 1. The zero-order chi connectivity index (χ0) is 11.5. The first-order chi connectivity index (χ1) is 7.67. The molecular formula is C12H20N4. The Balaban J connectivity index is 1.99. The summed E-state index contributed by atoms with van der Waals surface area (Å²) in [5.74, 6) is 2.28. The van der Waals surface area contributed by atoms with Crippen LogP contribution < -0.4 is 5.73 Å². The minimum atomic E-state index is 0.578. The van der Waals surface area contributed by atoms with Gasteiger partial charge in [-0.3, -0.25) is 4.90 Å². The molecule has 0 amide bonds. The van der Waals surface area contributed by atoms with Crippen molar-refractivity contribution >= 4 is 5.82 Å². The van der Waals surface area contributed by atoms with Gasteiger partial charge in [-0.15, -0.1) is 0 Å². The minimum absolute atomic E-state index is 0.578. The molecule has 1 atom stereocenters. The quantitative estimate of drug-likeness (QED) is 0.840. The normalized spacial score (nSPS) is 21.5. The van der Waals surface area contributed by atoms with Gasteiger partial charge in [-0.1, -0.05) is 13.3 Å². The highest BCUT2D eigenvalue weighted by atomic mass is 15.2. The highest BCUT2D eigenvalue weighted by molar-refractivity contribution is 5.29. The topological polar surface area (TPSA) is 55.0 Å². The van der Waals surface area contributed by atoms with Crippen LogP contribution in [0, 0.1) is 12.8 Å². The molecule has 2 heterocycles. The Morgan fingerprint density at radius 3 is 2.94 bits per heavy atom. The molecule has 1 aromatic heterocycles. The summed E-state index contributed by atoms with van der Waals surface area (Å²) in [4.78, 5) is 11.1. The van der Waals surface area contributed by atoms with Crippen LogP contribution in [0.25, 0.3) is 0 Å². The van der Waals surface area contributed by atoms with E-state index in [4.69, 9.17) is 5.73 Å². The second kappa shape index (κ2) is 4.78. The monoisotopic (exact) mass is 220 g/mol. The van der Waals surface area contributed by atoms with E-state index in [2.05, 4.69) is 21.8 Å². The molecule has 4 nitrogen and oxygen atoms in total. The lowest BCUT2D eigenvalue weighted by Crippen LogP contribution is -2.22. The summed E-state index contributed by atoms with van der Waals surface area (Å²) in [5.41, 5.74) is 6.67. The van der Waals surface area contributed by atoms with E-state index in [-0.39, 0.29) is 0 Å². The number of likely N-dealkylation sites (tertiary alicyclic amines) is 1. The van der Waals surface area contributed by atoms with Crippen LogP contribution in [0.1, 0.15) is 31.3 Å². The van der Waals surface area contributed by atoms with E-state index in [9.17, 15) is 0 Å². The third-order valence-electron chi connectivity index (χ3n) is 3.23. The van der Waals surface area contributed by atoms with Crippen molar-refractivity contribution in [1.82, 2.24) is 14.9 Å². The van der Waals surface area contributed by atoms with E-state index in [0.29, 0.717) is 5.82 Å². The molecule has 4 heteroatoms. The standard InChI is InChI=1S/C12H20N4/c1-3-10-4-5-16(7-10)8-12-14-9(2)6-11(13)15-12/h6,10H,3-5,7-8H2,1-2H3,(H2,13,14,15). The second-order valence-corrected chi connectivity index (χ2v) is 4.65. The fraction of sp³-hybridized carbons (Fsp3) is 0.667. The molecule has 0 radical (unpaired) electrons. The number of aromatic nitrogens is 2. The molecule has 1 saturated heterocycles. The first-order valence-corrected chi connectivity index (χ1v) is 5.99. The van der Waals surface area contributed by atoms with Gasteiger partial charge in [-0.25, -0.2) is 9.97 Å². The molecule has 16 heavy (non-hydrogen) atoms. The van der Waals surface area contributed by atoms with Gasteiger partial charge >= 0.3 is 0 Å². The molecule has 0 aliphatic carbocycles. The molecule has 0 saturated carbocycles. The molecule has 0 bridgehead atoms. The van der Waals surface area contributed by atoms with Gasteiger partial charge in [0.2, 0.25) is 0 Å². The van der Waals surface area contributed by atoms with E-state index in [0.717, 1.165) is 30.5 Å². The second-order valence-electron chi connectivity index (χ2n) is 4.65. The van der Waals surface area contributed by atoms with Crippen molar-refractivity contribution in [3.05, 3.63) is 17.6 Å². The van der Waals surface area contributed by atoms with Crippen LogP contribution >= 0.6 is 0 Å². The van der Waals surface area contributed by atoms with Crippen LogP contribution in [0.2, 0.25) is 0 Å². The lowest BCUT2D eigenvalue weighted by molar-refractivity contribution is 0.307. The molecule has 1 aromatic rings. The van der Waals surface area contributed by atoms with Crippen molar-refractivity contribution in [2.24, 2.45) is 5.92 Å². The van der Waals surface area contributed by atoms with Crippen molar-refractivity contribution in [2.75, 3.05) is 18.8 Å². The lowest BCUT2D eigenvalue weighted by atomic mass is 10.1. The van der Waals surface area contributed by atoms with E-state index >= 15 is 0 Å². The van der Waals surface area contributed by atoms with Crippen molar-refractivity contribution in [3.63, 3.8) is 0 Å². The highest BCUT2D eigenvalue weighted by Crippen LogP contribution is 2.20. The number of nitrogens with zero attached hydrogens (tertiary/aromatic N) is 3. The third kappa shape index (κ3) is 2.70. The summed E-state index contributed by atoms with van der Waals surface area (Å²) in [5, 5.41) is 0. The molecule has 0 aromatic carbocycles. The Hall–Kier alpha value is -1.16. The minimum Gasteiger partial charge on any atom is -0.384 e. The maximum absolute atomic E-state index is 5.72. The molecule has 88 valence electrons. The van der Waals surface area contributed by atoms with Crippen molar-refractivity contribution in [1.29, 1.82) is 0 Å². The van der Waals surface area contributed by atoms with Crippen molar-refractivity contribution in [3.8, 4) is 0 Å². The number of nitrogen functional groups attached to an aromatic ring is 1. The van der Waals surface area contributed by atoms with Crippen LogP contribution in [-0.4, -0.2) is 28.0 Å². The van der Waals surface area contributed by atoms with Crippen LogP contribution in [0.3, 0.4) is 0 Å². The van der Waals surface area contributed by atoms with E-state index in [1.165, 1.54) is 19.4 Å². The number of aryl methyl sites for hydroxylation is 1. The SMILES string of the molecule is CCC1CCN(Cc2nc(C)cc(N)n2)C1. The average molecular weight is 220 g/mol. The molecular weight excluding hydrogens is 200 g/mol. The number of hydrogen-bond acceptors (Lipinski definition) is 4. The van der Waals surface area contributed by atoms with Gasteiger partial charge in [-0.2, -0.15) is 0 Å². The molecule has 1 unspecified atom stereocenters. The fourth-order valence-electron chi connectivity index (χ4n) is 2.32. The predicted octanol–water partition coefficient (Wildman–Crippen LogP) is 1.60. The van der Waals surface area contributed by atoms with Gasteiger partial charge in [0.1, 0.15) is 11.6 Å². The number of rotatable bonds is 3. The number of anilines is 1. The Bertz CT molecular complexity index is 344. The molecule has 2 rings (SSSR count). The summed E-state index contributed by atoms with van der Waals surface area (Å²) in [7, 11) is 0. The Labute approximate surface area is 96.9 Å². The van der Waals surface area contributed by atoms with Gasteiger partial charge in [0.25, 0.3) is 0 Å². The van der Waals surface area contributed by atoms with Crippen molar-refractivity contribution < 1.29 is 0 Å². The van der Waals surface area contributed by atoms with Gasteiger partial charge in [0, 0.05) is 18.3 Å². The molecule has 1 aliphatic rings. The average Bonchev–Trinajstić information content (AvgIpc) is 2.64. The smallest absolute Gasteiger partial charge is 0.144 e. The van der Waals surface area contributed by atoms with Gasteiger partial charge in [-0.05, 0) is 25.8 Å². The predicted molar refractivity (Wildman–Crippen MR) is 64.9 cm³/mol. The zero-order valence-electron chi connectivity index (χ0n) is 10.1. The Morgan fingerprint density at radius 2 is 2.31 bits per heavy atom. The van der Waals surface area contributed by atoms with Crippen LogP contribution in [0.5, 0.6) is 0 Å². The summed E-state index contributed by atoms with van der Waals surface area (Å²) < 4.78 is 0. The van der Waals surface area contributed by atoms with E-state index in [1.807, 2.05) is 13.0 Å². The maximum atomic E-state index is 5.72. The van der Waals surface area contributed by atoms with Gasteiger partial charge < -0.3 is 5.73 Å². The van der Waals surface area contributed by atoms with Crippen LogP contribution in [0.4, 0.5) is 5.82 Å². The van der Waals surface area contributed by atoms with Crippen molar-refractivity contribution in [2.45, 2.75) is 33.2 Å². The third-order valence-corrected chi connectivity index (χ3v) is 3.23. The molecule has 0 spiro atoms. The maximum Gasteiger partial charge on any atom is 0.144 e. The Kier molecular flexibility index (Phi) is 3.39. The lowest BCUT2D eigenvalue weighted by Gasteiger charge is -2.14. The summed E-state index contributed by atoms with van der Waals surface area (Å²) in [6, 6.07) is 1.81. The van der Waals surface area contributed by atoms with Crippen LogP contribution in [-0.2, 0) is 6.54 Å². The largest absolute Gasteiger partial charge is 0.384 e. The molecule has 2 N–H and O–H groups in total.